The highest BCUT2D eigenvalue weighted by atomic mass is 16.2. The van der Waals surface area contributed by atoms with Gasteiger partial charge in [0.1, 0.15) is 5.82 Å². The van der Waals surface area contributed by atoms with Crippen molar-refractivity contribution in [2.75, 3.05) is 13.1 Å². The average molecular weight is 415 g/mol. The van der Waals surface area contributed by atoms with Crippen molar-refractivity contribution in [2.24, 2.45) is 11.8 Å². The molecule has 0 bridgehead atoms. The number of hydrogen-bond acceptors (Lipinski definition) is 4. The molecule has 1 aromatic rings. The number of nitrogens with zero attached hydrogens (tertiary/aromatic N) is 3. The second-order valence-corrected chi connectivity index (χ2v) is 9.42. The third kappa shape index (κ3) is 4.16. The summed E-state index contributed by atoms with van der Waals surface area (Å²) in [6, 6.07) is -0.159. The SMILES string of the molecule is CC(C)C(=O)N1CCCC[C@@H]1c1nc2c(c(=O)[nH]1)CN(C(=O)C1CCCCC1)CC2. The van der Waals surface area contributed by atoms with Crippen LogP contribution in [0.4, 0.5) is 0 Å². The van der Waals surface area contributed by atoms with Gasteiger partial charge in [-0.2, -0.15) is 0 Å². The number of hydrogen-bond donors (Lipinski definition) is 1. The fourth-order valence-electron chi connectivity index (χ4n) is 5.21. The Kier molecular flexibility index (Phi) is 6.25. The average Bonchev–Trinajstić information content (AvgIpc) is 2.78. The van der Waals surface area contributed by atoms with E-state index in [0.717, 1.165) is 50.6 Å². The summed E-state index contributed by atoms with van der Waals surface area (Å²) in [5.41, 5.74) is 1.26. The number of aromatic nitrogens is 2. The van der Waals surface area contributed by atoms with E-state index in [1.807, 2.05) is 23.6 Å². The first-order chi connectivity index (χ1) is 14.5. The molecule has 1 N–H and O–H groups in total. The molecular weight excluding hydrogens is 380 g/mol. The van der Waals surface area contributed by atoms with Crippen LogP contribution < -0.4 is 5.56 Å². The Balaban J connectivity index is 1.54. The number of aromatic amines is 1. The van der Waals surface area contributed by atoms with Crippen LogP contribution in [0.25, 0.3) is 0 Å². The van der Waals surface area contributed by atoms with Crippen LogP contribution in [0.5, 0.6) is 0 Å². The summed E-state index contributed by atoms with van der Waals surface area (Å²) < 4.78 is 0. The van der Waals surface area contributed by atoms with E-state index in [2.05, 4.69) is 4.98 Å². The second-order valence-electron chi connectivity index (χ2n) is 9.42. The number of nitrogens with one attached hydrogen (secondary N) is 1. The Morgan fingerprint density at radius 2 is 1.77 bits per heavy atom. The van der Waals surface area contributed by atoms with Gasteiger partial charge >= 0.3 is 0 Å². The van der Waals surface area contributed by atoms with Gasteiger partial charge in [-0.15, -0.1) is 0 Å². The first-order valence-electron chi connectivity index (χ1n) is 11.7. The van der Waals surface area contributed by atoms with Gasteiger partial charge in [0, 0.05) is 31.3 Å². The standard InChI is InChI=1S/C23H34N4O3/c1-15(2)22(29)27-12-7-6-10-19(27)20-24-18-11-13-26(14-17(18)21(28)25-20)23(30)16-8-4-3-5-9-16/h15-16,19H,3-14H2,1-2H3,(H,24,25,28)/t19-/m1/s1. The summed E-state index contributed by atoms with van der Waals surface area (Å²) in [4.78, 5) is 50.1. The van der Waals surface area contributed by atoms with Crippen LogP contribution in [-0.4, -0.2) is 44.7 Å². The van der Waals surface area contributed by atoms with Crippen molar-refractivity contribution in [1.82, 2.24) is 19.8 Å². The normalized spacial score (nSPS) is 22.8. The maximum Gasteiger partial charge on any atom is 0.256 e. The van der Waals surface area contributed by atoms with Crippen LogP contribution in [0.3, 0.4) is 0 Å². The van der Waals surface area contributed by atoms with Gasteiger partial charge < -0.3 is 14.8 Å². The fourth-order valence-corrected chi connectivity index (χ4v) is 5.21. The van der Waals surface area contributed by atoms with Crippen molar-refractivity contribution in [3.05, 3.63) is 27.4 Å². The van der Waals surface area contributed by atoms with Crippen LogP contribution in [0.1, 0.15) is 88.3 Å². The van der Waals surface area contributed by atoms with Crippen molar-refractivity contribution >= 4 is 11.8 Å². The lowest BCUT2D eigenvalue weighted by Crippen LogP contribution is -2.44. The predicted molar refractivity (Wildman–Crippen MR) is 114 cm³/mol. The van der Waals surface area contributed by atoms with Gasteiger partial charge in [-0.1, -0.05) is 33.1 Å². The minimum Gasteiger partial charge on any atom is -0.337 e. The molecule has 7 nitrogen and oxygen atoms in total. The zero-order valence-corrected chi connectivity index (χ0v) is 18.3. The Hall–Kier alpha value is -2.18. The molecule has 2 aliphatic heterocycles. The fraction of sp³-hybridized carbons (Fsp3) is 0.739. The van der Waals surface area contributed by atoms with Gasteiger partial charge in [0.2, 0.25) is 11.8 Å². The van der Waals surface area contributed by atoms with E-state index in [1.54, 1.807) is 0 Å². The van der Waals surface area contributed by atoms with Gasteiger partial charge in [0.25, 0.3) is 5.56 Å². The summed E-state index contributed by atoms with van der Waals surface area (Å²) in [6.07, 6.45) is 8.85. The van der Waals surface area contributed by atoms with Crippen molar-refractivity contribution in [2.45, 2.75) is 84.2 Å². The first-order valence-corrected chi connectivity index (χ1v) is 11.7. The monoisotopic (exact) mass is 414 g/mol. The first kappa shape index (κ1) is 21.1. The molecule has 1 saturated heterocycles. The van der Waals surface area contributed by atoms with Crippen molar-refractivity contribution < 1.29 is 9.59 Å². The van der Waals surface area contributed by atoms with Crippen LogP contribution >= 0.6 is 0 Å². The van der Waals surface area contributed by atoms with Gasteiger partial charge in [0.15, 0.2) is 0 Å². The molecular formula is C23H34N4O3. The molecule has 3 heterocycles. The molecule has 7 heteroatoms. The van der Waals surface area contributed by atoms with E-state index >= 15 is 0 Å². The molecule has 164 valence electrons. The van der Waals surface area contributed by atoms with E-state index in [1.165, 1.54) is 6.42 Å². The molecule has 4 rings (SSSR count). The van der Waals surface area contributed by atoms with Crippen molar-refractivity contribution in [3.8, 4) is 0 Å². The summed E-state index contributed by atoms with van der Waals surface area (Å²) in [7, 11) is 0. The number of H-pyrrole nitrogens is 1. The van der Waals surface area contributed by atoms with Crippen molar-refractivity contribution in [3.63, 3.8) is 0 Å². The third-order valence-electron chi connectivity index (χ3n) is 6.95. The maximum atomic E-state index is 12.9. The van der Waals surface area contributed by atoms with Crippen LogP contribution in [-0.2, 0) is 22.6 Å². The molecule has 0 radical (unpaired) electrons. The summed E-state index contributed by atoms with van der Waals surface area (Å²) in [5.74, 6) is 0.965. The molecule has 2 amide bonds. The zero-order chi connectivity index (χ0) is 21.3. The second kappa shape index (κ2) is 8.90. The molecule has 0 unspecified atom stereocenters. The molecule has 2 fully saturated rings. The molecule has 0 aromatic carbocycles. The van der Waals surface area contributed by atoms with Crippen LogP contribution in [0.2, 0.25) is 0 Å². The largest absolute Gasteiger partial charge is 0.337 e. The molecule has 3 aliphatic rings. The lowest BCUT2D eigenvalue weighted by Gasteiger charge is -2.37. The van der Waals surface area contributed by atoms with E-state index in [-0.39, 0.29) is 35.3 Å². The summed E-state index contributed by atoms with van der Waals surface area (Å²) in [6.45, 7) is 5.51. The zero-order valence-electron chi connectivity index (χ0n) is 18.3. The topological polar surface area (TPSA) is 86.4 Å². The lowest BCUT2D eigenvalue weighted by molar-refractivity contribution is -0.139. The van der Waals surface area contributed by atoms with E-state index in [4.69, 9.17) is 4.98 Å². The lowest BCUT2D eigenvalue weighted by atomic mass is 9.88. The van der Waals surface area contributed by atoms with Crippen LogP contribution in [0, 0.1) is 11.8 Å². The number of carbonyl (C=O) groups is 2. The van der Waals surface area contributed by atoms with Gasteiger partial charge in [-0.05, 0) is 32.1 Å². The number of rotatable bonds is 3. The highest BCUT2D eigenvalue weighted by Crippen LogP contribution is 2.31. The predicted octanol–water partition coefficient (Wildman–Crippen LogP) is 2.94. The minimum absolute atomic E-state index is 0.0747. The molecule has 1 saturated carbocycles. The third-order valence-corrected chi connectivity index (χ3v) is 6.95. The molecule has 1 aliphatic carbocycles. The Labute approximate surface area is 178 Å². The maximum absolute atomic E-state index is 12.9. The van der Waals surface area contributed by atoms with Gasteiger partial charge in [-0.3, -0.25) is 14.4 Å². The Morgan fingerprint density at radius 1 is 1.03 bits per heavy atom. The van der Waals surface area contributed by atoms with Crippen molar-refractivity contribution in [1.29, 1.82) is 0 Å². The molecule has 1 atom stereocenters. The quantitative estimate of drug-likeness (QED) is 0.824. The van der Waals surface area contributed by atoms with E-state index in [0.29, 0.717) is 37.4 Å². The molecule has 1 aromatic heterocycles. The Morgan fingerprint density at radius 3 is 2.50 bits per heavy atom. The summed E-state index contributed by atoms with van der Waals surface area (Å²) >= 11 is 0. The summed E-state index contributed by atoms with van der Waals surface area (Å²) in [5, 5.41) is 0. The number of likely N-dealkylation sites (tertiary alicyclic amines) is 1. The number of piperidine rings is 1. The minimum atomic E-state index is -0.159. The highest BCUT2D eigenvalue weighted by Gasteiger charge is 2.34. The number of fused-ring (bicyclic) bond motifs is 1. The highest BCUT2D eigenvalue weighted by molar-refractivity contribution is 5.79. The van der Waals surface area contributed by atoms with Gasteiger partial charge in [-0.25, -0.2) is 4.98 Å². The smallest absolute Gasteiger partial charge is 0.256 e. The molecule has 0 spiro atoms. The molecule has 30 heavy (non-hydrogen) atoms. The van der Waals surface area contributed by atoms with Gasteiger partial charge in [0.05, 0.1) is 23.8 Å². The number of amides is 2. The Bertz CT molecular complexity index is 856. The van der Waals surface area contributed by atoms with Crippen LogP contribution in [0.15, 0.2) is 4.79 Å². The number of carbonyl (C=O) groups excluding carboxylic acids is 2. The van der Waals surface area contributed by atoms with E-state index in [9.17, 15) is 14.4 Å². The van der Waals surface area contributed by atoms with E-state index < -0.39 is 0 Å².